The molecule has 1 aromatic rings. The van der Waals surface area contributed by atoms with E-state index in [9.17, 15) is 4.79 Å². The standard InChI is InChI=1S/C20H32O3/c1-11-20(9,10)18(21)22-16-12(2)14(4)17(15(5)13(16)3)23-19(6,7)8/h11H2,1-10H3. The topological polar surface area (TPSA) is 35.5 Å². The fourth-order valence-corrected chi connectivity index (χ4v) is 2.23. The van der Waals surface area contributed by atoms with Crippen molar-refractivity contribution >= 4 is 5.97 Å². The lowest BCUT2D eigenvalue weighted by atomic mass is 9.90. The zero-order chi connectivity index (χ0) is 18.2. The van der Waals surface area contributed by atoms with Crippen LogP contribution in [0.1, 0.15) is 70.2 Å². The van der Waals surface area contributed by atoms with Crippen LogP contribution in [0, 0.1) is 33.1 Å². The monoisotopic (exact) mass is 320 g/mol. The van der Waals surface area contributed by atoms with Crippen LogP contribution in [0.3, 0.4) is 0 Å². The Labute approximate surface area is 141 Å². The number of esters is 1. The van der Waals surface area contributed by atoms with E-state index in [0.717, 1.165) is 34.4 Å². The van der Waals surface area contributed by atoms with Gasteiger partial charge in [0, 0.05) is 0 Å². The van der Waals surface area contributed by atoms with Crippen LogP contribution in [0.5, 0.6) is 11.5 Å². The van der Waals surface area contributed by atoms with Crippen molar-refractivity contribution in [3.63, 3.8) is 0 Å². The van der Waals surface area contributed by atoms with Gasteiger partial charge >= 0.3 is 5.97 Å². The highest BCUT2D eigenvalue weighted by Crippen LogP contribution is 2.39. The lowest BCUT2D eigenvalue weighted by Gasteiger charge is -2.28. The molecule has 0 aliphatic carbocycles. The van der Waals surface area contributed by atoms with E-state index in [2.05, 4.69) is 0 Å². The van der Waals surface area contributed by atoms with Crippen LogP contribution in [0.4, 0.5) is 0 Å². The van der Waals surface area contributed by atoms with Crippen molar-refractivity contribution in [3.8, 4) is 11.5 Å². The molecule has 130 valence electrons. The van der Waals surface area contributed by atoms with Crippen molar-refractivity contribution in [3.05, 3.63) is 22.3 Å². The number of carbonyl (C=O) groups excluding carboxylic acids is 1. The molecule has 0 aromatic heterocycles. The quantitative estimate of drug-likeness (QED) is 0.547. The van der Waals surface area contributed by atoms with Crippen molar-refractivity contribution in [2.24, 2.45) is 5.41 Å². The first kappa shape index (κ1) is 19.5. The molecule has 0 saturated heterocycles. The smallest absolute Gasteiger partial charge is 0.316 e. The third-order valence-electron chi connectivity index (χ3n) is 4.53. The van der Waals surface area contributed by atoms with Gasteiger partial charge in [-0.2, -0.15) is 0 Å². The fraction of sp³-hybridized carbons (Fsp3) is 0.650. The van der Waals surface area contributed by atoms with Crippen molar-refractivity contribution in [2.75, 3.05) is 0 Å². The normalized spacial score (nSPS) is 12.3. The molecule has 0 bridgehead atoms. The summed E-state index contributed by atoms with van der Waals surface area (Å²) < 4.78 is 11.9. The predicted molar refractivity (Wildman–Crippen MR) is 95.5 cm³/mol. The van der Waals surface area contributed by atoms with Gasteiger partial charge in [0.2, 0.25) is 0 Å². The van der Waals surface area contributed by atoms with Crippen molar-refractivity contribution < 1.29 is 14.3 Å². The highest BCUT2D eigenvalue weighted by atomic mass is 16.5. The lowest BCUT2D eigenvalue weighted by Crippen LogP contribution is -2.29. The molecule has 0 aliphatic rings. The van der Waals surface area contributed by atoms with E-state index in [1.165, 1.54) is 0 Å². The molecule has 1 rings (SSSR count). The van der Waals surface area contributed by atoms with Gasteiger partial charge in [0.15, 0.2) is 0 Å². The van der Waals surface area contributed by atoms with Crippen molar-refractivity contribution in [1.29, 1.82) is 0 Å². The Hall–Kier alpha value is -1.51. The van der Waals surface area contributed by atoms with Crippen LogP contribution in [-0.4, -0.2) is 11.6 Å². The van der Waals surface area contributed by atoms with Crippen LogP contribution < -0.4 is 9.47 Å². The highest BCUT2D eigenvalue weighted by Gasteiger charge is 2.30. The number of hydrogen-bond acceptors (Lipinski definition) is 3. The zero-order valence-corrected chi connectivity index (χ0v) is 16.4. The van der Waals surface area contributed by atoms with Crippen LogP contribution in [0.25, 0.3) is 0 Å². The Morgan fingerprint density at radius 2 is 1.22 bits per heavy atom. The van der Waals surface area contributed by atoms with E-state index in [-0.39, 0.29) is 11.6 Å². The summed E-state index contributed by atoms with van der Waals surface area (Å²) in [7, 11) is 0. The largest absolute Gasteiger partial charge is 0.488 e. The molecule has 0 fully saturated rings. The maximum absolute atomic E-state index is 12.5. The van der Waals surface area contributed by atoms with Gasteiger partial charge in [-0.05, 0) is 91.0 Å². The van der Waals surface area contributed by atoms with E-state index in [0.29, 0.717) is 5.75 Å². The van der Waals surface area contributed by atoms with Crippen molar-refractivity contribution in [1.82, 2.24) is 0 Å². The molecule has 3 nitrogen and oxygen atoms in total. The third kappa shape index (κ3) is 4.27. The van der Waals surface area contributed by atoms with Crippen LogP contribution in [-0.2, 0) is 4.79 Å². The number of ether oxygens (including phenoxy) is 2. The summed E-state index contributed by atoms with van der Waals surface area (Å²) in [6.07, 6.45) is 0.743. The molecule has 0 saturated carbocycles. The molecule has 23 heavy (non-hydrogen) atoms. The van der Waals surface area contributed by atoms with Crippen LogP contribution in [0.2, 0.25) is 0 Å². The second kappa shape index (κ2) is 6.54. The summed E-state index contributed by atoms with van der Waals surface area (Å²) >= 11 is 0. The molecule has 0 heterocycles. The Bertz CT molecular complexity index is 575. The molecule has 0 radical (unpaired) electrons. The minimum atomic E-state index is -0.485. The highest BCUT2D eigenvalue weighted by molar-refractivity contribution is 5.79. The number of rotatable bonds is 4. The van der Waals surface area contributed by atoms with Gasteiger partial charge in [-0.25, -0.2) is 0 Å². The molecule has 0 N–H and O–H groups in total. The minimum absolute atomic E-state index is 0.186. The Morgan fingerprint density at radius 3 is 1.57 bits per heavy atom. The molecule has 0 unspecified atom stereocenters. The van der Waals surface area contributed by atoms with Crippen molar-refractivity contribution in [2.45, 2.75) is 81.3 Å². The second-order valence-electron chi connectivity index (χ2n) is 8.00. The summed E-state index contributed by atoms with van der Waals surface area (Å²) in [6.45, 7) is 19.9. The maximum atomic E-state index is 12.5. The van der Waals surface area contributed by atoms with E-state index in [1.807, 2.05) is 69.2 Å². The van der Waals surface area contributed by atoms with E-state index < -0.39 is 5.41 Å². The summed E-state index contributed by atoms with van der Waals surface area (Å²) in [5, 5.41) is 0. The summed E-state index contributed by atoms with van der Waals surface area (Å²) in [5.41, 5.74) is 3.23. The first-order valence-corrected chi connectivity index (χ1v) is 8.33. The van der Waals surface area contributed by atoms with E-state index >= 15 is 0 Å². The van der Waals surface area contributed by atoms with E-state index in [4.69, 9.17) is 9.47 Å². The van der Waals surface area contributed by atoms with Gasteiger partial charge in [-0.15, -0.1) is 0 Å². The first-order chi connectivity index (χ1) is 10.3. The summed E-state index contributed by atoms with van der Waals surface area (Å²) in [4.78, 5) is 12.5. The second-order valence-corrected chi connectivity index (χ2v) is 8.00. The molecular formula is C20H32O3. The van der Waals surface area contributed by atoms with E-state index in [1.54, 1.807) is 0 Å². The van der Waals surface area contributed by atoms with Crippen LogP contribution >= 0.6 is 0 Å². The summed E-state index contributed by atoms with van der Waals surface area (Å²) in [5.74, 6) is 1.38. The molecule has 0 aliphatic heterocycles. The zero-order valence-electron chi connectivity index (χ0n) is 16.4. The molecule has 0 spiro atoms. The molecule has 0 atom stereocenters. The summed E-state index contributed by atoms with van der Waals surface area (Å²) in [6, 6.07) is 0. The molecule has 1 aromatic carbocycles. The Balaban J connectivity index is 3.36. The minimum Gasteiger partial charge on any atom is -0.488 e. The fourth-order valence-electron chi connectivity index (χ4n) is 2.23. The number of carbonyl (C=O) groups is 1. The van der Waals surface area contributed by atoms with Crippen LogP contribution in [0.15, 0.2) is 0 Å². The average molecular weight is 320 g/mol. The molecule has 0 amide bonds. The van der Waals surface area contributed by atoms with Gasteiger partial charge in [-0.3, -0.25) is 4.79 Å². The van der Waals surface area contributed by atoms with Gasteiger partial charge in [0.1, 0.15) is 17.1 Å². The lowest BCUT2D eigenvalue weighted by molar-refractivity contribution is -0.144. The SMILES string of the molecule is CCC(C)(C)C(=O)Oc1c(C)c(C)c(OC(C)(C)C)c(C)c1C. The average Bonchev–Trinajstić information content (AvgIpc) is 2.44. The first-order valence-electron chi connectivity index (χ1n) is 8.33. The number of hydrogen-bond donors (Lipinski definition) is 0. The predicted octanol–water partition coefficient (Wildman–Crippen LogP) is 5.44. The van der Waals surface area contributed by atoms with Gasteiger partial charge in [0.25, 0.3) is 0 Å². The Kier molecular flexibility index (Phi) is 5.56. The maximum Gasteiger partial charge on any atom is 0.316 e. The van der Waals surface area contributed by atoms with Gasteiger partial charge < -0.3 is 9.47 Å². The molecular weight excluding hydrogens is 288 g/mol. The van der Waals surface area contributed by atoms with Gasteiger partial charge in [-0.1, -0.05) is 6.92 Å². The Morgan fingerprint density at radius 1 is 0.826 bits per heavy atom. The number of benzene rings is 1. The third-order valence-corrected chi connectivity index (χ3v) is 4.53. The van der Waals surface area contributed by atoms with Gasteiger partial charge in [0.05, 0.1) is 5.41 Å². The molecule has 3 heteroatoms.